The van der Waals surface area contributed by atoms with Gasteiger partial charge in [0.1, 0.15) is 17.7 Å². The Labute approximate surface area is 133 Å². The summed E-state index contributed by atoms with van der Waals surface area (Å²) in [5.41, 5.74) is 0.607. The van der Waals surface area contributed by atoms with Crippen molar-refractivity contribution in [2.45, 2.75) is 39.2 Å². The number of rotatable bonds is 8. The molecule has 126 valence electrons. The lowest BCUT2D eigenvalue weighted by Crippen LogP contribution is -2.14. The number of aliphatic hydroxyl groups is 1. The molecule has 2 rings (SSSR count). The van der Waals surface area contributed by atoms with Gasteiger partial charge in [-0.15, -0.1) is 0 Å². The van der Waals surface area contributed by atoms with Crippen LogP contribution in [0.4, 0.5) is 8.78 Å². The van der Waals surface area contributed by atoms with E-state index in [9.17, 15) is 13.9 Å². The molecule has 2 atom stereocenters. The Morgan fingerprint density at radius 2 is 1.96 bits per heavy atom. The molecule has 23 heavy (non-hydrogen) atoms. The molecule has 0 aliphatic carbocycles. The van der Waals surface area contributed by atoms with E-state index in [0.717, 1.165) is 5.82 Å². The van der Waals surface area contributed by atoms with Crippen LogP contribution in [0.1, 0.15) is 37.4 Å². The van der Waals surface area contributed by atoms with Crippen LogP contribution in [-0.4, -0.2) is 27.9 Å². The van der Waals surface area contributed by atoms with Gasteiger partial charge in [0, 0.05) is 19.0 Å². The Morgan fingerprint density at radius 1 is 1.26 bits per heavy atom. The molecule has 0 fully saturated rings. The summed E-state index contributed by atoms with van der Waals surface area (Å²) in [5, 5.41) is 10.3. The monoisotopic (exact) mass is 326 g/mol. The largest absolute Gasteiger partial charge is 0.435 e. The summed E-state index contributed by atoms with van der Waals surface area (Å²) in [5.74, 6) is 0.785. The van der Waals surface area contributed by atoms with Gasteiger partial charge in [0.2, 0.25) is 0 Å². The first-order chi connectivity index (χ1) is 11.0. The first-order valence-electron chi connectivity index (χ1n) is 7.36. The van der Waals surface area contributed by atoms with E-state index in [1.807, 2.05) is 18.4 Å². The maximum atomic E-state index is 12.1. The van der Waals surface area contributed by atoms with Crippen LogP contribution in [0.5, 0.6) is 5.75 Å². The van der Waals surface area contributed by atoms with E-state index < -0.39 is 12.7 Å². The summed E-state index contributed by atoms with van der Waals surface area (Å²) in [7, 11) is 0. The molecule has 1 aromatic heterocycles. The number of imidazole rings is 1. The van der Waals surface area contributed by atoms with Crippen molar-refractivity contribution in [2.75, 3.05) is 6.61 Å². The van der Waals surface area contributed by atoms with Crippen molar-refractivity contribution >= 4 is 0 Å². The van der Waals surface area contributed by atoms with Gasteiger partial charge < -0.3 is 19.1 Å². The third-order valence-corrected chi connectivity index (χ3v) is 3.39. The topological polar surface area (TPSA) is 56.5 Å². The zero-order valence-corrected chi connectivity index (χ0v) is 13.0. The lowest BCUT2D eigenvalue weighted by atomic mass is 10.1. The molecule has 0 saturated heterocycles. The second-order valence-corrected chi connectivity index (χ2v) is 5.00. The van der Waals surface area contributed by atoms with Crippen molar-refractivity contribution in [3.05, 3.63) is 48.0 Å². The highest BCUT2D eigenvalue weighted by atomic mass is 19.3. The van der Waals surface area contributed by atoms with E-state index >= 15 is 0 Å². The molecule has 0 aliphatic rings. The molecule has 2 aromatic rings. The summed E-state index contributed by atoms with van der Waals surface area (Å²) < 4.78 is 35.9. The Morgan fingerprint density at radius 3 is 2.57 bits per heavy atom. The maximum absolute atomic E-state index is 12.1. The molecule has 0 amide bonds. The van der Waals surface area contributed by atoms with Crippen LogP contribution in [0.15, 0.2) is 36.7 Å². The van der Waals surface area contributed by atoms with Crippen LogP contribution in [0.25, 0.3) is 0 Å². The number of benzene rings is 1. The molecule has 7 heteroatoms. The average Bonchev–Trinajstić information content (AvgIpc) is 2.95. The molecule has 0 saturated carbocycles. The van der Waals surface area contributed by atoms with E-state index in [4.69, 9.17) is 4.74 Å². The quantitative estimate of drug-likeness (QED) is 0.808. The van der Waals surface area contributed by atoms with Crippen LogP contribution in [0, 0.1) is 0 Å². The SMILES string of the molecule is CCOC(C)c1nccn1CC(O)c1ccc(OC(F)F)cc1. The third kappa shape index (κ3) is 4.74. The smallest absolute Gasteiger partial charge is 0.387 e. The van der Waals surface area contributed by atoms with E-state index in [-0.39, 0.29) is 11.9 Å². The van der Waals surface area contributed by atoms with Crippen molar-refractivity contribution in [1.29, 1.82) is 0 Å². The van der Waals surface area contributed by atoms with Gasteiger partial charge in [0.25, 0.3) is 0 Å². The Kier molecular flexibility index (Phi) is 6.06. The van der Waals surface area contributed by atoms with Gasteiger partial charge in [-0.25, -0.2) is 4.98 Å². The normalized spacial score (nSPS) is 14.0. The number of nitrogens with zero attached hydrogens (tertiary/aromatic N) is 2. The van der Waals surface area contributed by atoms with Crippen molar-refractivity contribution in [3.8, 4) is 5.75 Å². The molecule has 2 unspecified atom stereocenters. The summed E-state index contributed by atoms with van der Waals surface area (Å²) >= 11 is 0. The van der Waals surface area contributed by atoms with Gasteiger partial charge in [-0.2, -0.15) is 8.78 Å². The molecule has 0 aliphatic heterocycles. The minimum Gasteiger partial charge on any atom is -0.435 e. The molecule has 1 aromatic carbocycles. The van der Waals surface area contributed by atoms with Crippen LogP contribution < -0.4 is 4.74 Å². The molecular weight excluding hydrogens is 306 g/mol. The number of ether oxygens (including phenoxy) is 2. The number of aliphatic hydroxyl groups excluding tert-OH is 1. The molecule has 1 heterocycles. The fraction of sp³-hybridized carbons (Fsp3) is 0.438. The number of hydrogen-bond acceptors (Lipinski definition) is 4. The van der Waals surface area contributed by atoms with Gasteiger partial charge in [0.15, 0.2) is 0 Å². The summed E-state index contributed by atoms with van der Waals surface area (Å²) in [6.45, 7) is 1.80. The highest BCUT2D eigenvalue weighted by molar-refractivity contribution is 5.28. The van der Waals surface area contributed by atoms with Gasteiger partial charge in [-0.05, 0) is 31.5 Å². The third-order valence-electron chi connectivity index (χ3n) is 3.39. The number of hydrogen-bond donors (Lipinski definition) is 1. The van der Waals surface area contributed by atoms with Crippen LogP contribution >= 0.6 is 0 Å². The second-order valence-electron chi connectivity index (χ2n) is 5.00. The molecule has 0 spiro atoms. The predicted octanol–water partition coefficient (Wildman–Crippen LogP) is 3.32. The van der Waals surface area contributed by atoms with Gasteiger partial charge in [-0.1, -0.05) is 12.1 Å². The molecule has 1 N–H and O–H groups in total. The number of alkyl halides is 2. The summed E-state index contributed by atoms with van der Waals surface area (Å²) in [6, 6.07) is 5.93. The van der Waals surface area contributed by atoms with E-state index in [0.29, 0.717) is 18.7 Å². The first-order valence-corrected chi connectivity index (χ1v) is 7.36. The zero-order valence-electron chi connectivity index (χ0n) is 13.0. The summed E-state index contributed by atoms with van der Waals surface area (Å²) in [6.07, 6.45) is 2.45. The van der Waals surface area contributed by atoms with Gasteiger partial charge in [0.05, 0.1) is 12.6 Å². The molecule has 0 bridgehead atoms. The first kappa shape index (κ1) is 17.4. The molecule has 5 nitrogen and oxygen atoms in total. The maximum Gasteiger partial charge on any atom is 0.387 e. The van der Waals surface area contributed by atoms with Crippen LogP contribution in [0.3, 0.4) is 0 Å². The fourth-order valence-electron chi connectivity index (χ4n) is 2.32. The van der Waals surface area contributed by atoms with Crippen molar-refractivity contribution in [3.63, 3.8) is 0 Å². The van der Waals surface area contributed by atoms with E-state index in [2.05, 4.69) is 9.72 Å². The lowest BCUT2D eigenvalue weighted by molar-refractivity contribution is -0.0498. The van der Waals surface area contributed by atoms with E-state index in [1.54, 1.807) is 24.5 Å². The highest BCUT2D eigenvalue weighted by Crippen LogP contribution is 2.22. The zero-order chi connectivity index (χ0) is 16.8. The number of halogens is 2. The van der Waals surface area contributed by atoms with Crippen LogP contribution in [-0.2, 0) is 11.3 Å². The summed E-state index contributed by atoms with van der Waals surface area (Å²) in [4.78, 5) is 4.25. The lowest BCUT2D eigenvalue weighted by Gasteiger charge is -2.17. The molecule has 0 radical (unpaired) electrons. The molecular formula is C16H20F2N2O3. The standard InChI is InChI=1S/C16H20F2N2O3/c1-3-22-11(2)15-19-8-9-20(15)10-14(21)12-4-6-13(7-5-12)23-16(17)18/h4-9,11,14,16,21H,3,10H2,1-2H3. The van der Waals surface area contributed by atoms with Crippen LogP contribution in [0.2, 0.25) is 0 Å². The minimum absolute atomic E-state index is 0.0595. The fourth-order valence-corrected chi connectivity index (χ4v) is 2.32. The highest BCUT2D eigenvalue weighted by Gasteiger charge is 2.16. The minimum atomic E-state index is -2.86. The van der Waals surface area contributed by atoms with E-state index in [1.165, 1.54) is 12.1 Å². The van der Waals surface area contributed by atoms with Crippen molar-refractivity contribution < 1.29 is 23.4 Å². The van der Waals surface area contributed by atoms with Gasteiger partial charge >= 0.3 is 6.61 Å². The Hall–Kier alpha value is -1.99. The van der Waals surface area contributed by atoms with Crippen molar-refractivity contribution in [2.24, 2.45) is 0 Å². The van der Waals surface area contributed by atoms with Crippen molar-refractivity contribution in [1.82, 2.24) is 9.55 Å². The predicted molar refractivity (Wildman–Crippen MR) is 80.3 cm³/mol. The second kappa shape index (κ2) is 8.03. The van der Waals surface area contributed by atoms with Gasteiger partial charge in [-0.3, -0.25) is 0 Å². The average molecular weight is 326 g/mol. The Balaban J connectivity index is 2.04. The number of aromatic nitrogens is 2. The Bertz CT molecular complexity index is 602.